The Labute approximate surface area is 119 Å². The molecule has 1 aliphatic heterocycles. The number of carboxylic acid groups (broad SMARTS) is 1. The van der Waals surface area contributed by atoms with Crippen molar-refractivity contribution in [2.24, 2.45) is 0 Å². The second-order valence-electron chi connectivity index (χ2n) is 4.54. The van der Waals surface area contributed by atoms with Gasteiger partial charge >= 0.3 is 5.97 Å². The highest BCUT2D eigenvalue weighted by molar-refractivity contribution is 7.13. The minimum absolute atomic E-state index is 0.104. The Morgan fingerprint density at radius 3 is 3.00 bits per heavy atom. The number of nitrogens with zero attached hydrogens (tertiary/aromatic N) is 1. The number of aliphatic carboxylic acids is 1. The van der Waals surface area contributed by atoms with Crippen LogP contribution in [0.4, 0.5) is 5.13 Å². The Kier molecular flexibility index (Phi) is 4.67. The zero-order chi connectivity index (χ0) is 14.5. The van der Waals surface area contributed by atoms with Crippen LogP contribution in [0, 0.1) is 0 Å². The smallest absolute Gasteiger partial charge is 0.303 e. The summed E-state index contributed by atoms with van der Waals surface area (Å²) in [6, 6.07) is -0.484. The van der Waals surface area contributed by atoms with Crippen LogP contribution in [0.25, 0.3) is 0 Å². The first kappa shape index (κ1) is 14.4. The summed E-state index contributed by atoms with van der Waals surface area (Å²) in [6.45, 7) is 0. The van der Waals surface area contributed by atoms with Crippen LogP contribution in [-0.2, 0) is 20.8 Å². The lowest BCUT2D eigenvalue weighted by Gasteiger charge is -2.08. The van der Waals surface area contributed by atoms with Crippen molar-refractivity contribution < 1.29 is 19.5 Å². The second-order valence-corrected chi connectivity index (χ2v) is 5.40. The topological polar surface area (TPSA) is 108 Å². The van der Waals surface area contributed by atoms with E-state index in [-0.39, 0.29) is 18.2 Å². The molecular formula is C12H15N3O4S. The molecule has 3 N–H and O–H groups in total. The number of amides is 2. The number of carbonyl (C=O) groups excluding carboxylic acids is 2. The van der Waals surface area contributed by atoms with Gasteiger partial charge in [-0.2, -0.15) is 0 Å². The summed E-state index contributed by atoms with van der Waals surface area (Å²) in [5.74, 6) is -1.20. The predicted octanol–water partition coefficient (Wildman–Crippen LogP) is 0.767. The van der Waals surface area contributed by atoms with Crippen molar-refractivity contribution in [3.05, 3.63) is 11.1 Å². The van der Waals surface area contributed by atoms with E-state index in [1.807, 2.05) is 0 Å². The lowest BCUT2D eigenvalue weighted by molar-refractivity contribution is -0.137. The summed E-state index contributed by atoms with van der Waals surface area (Å²) in [6.07, 6.45) is 2.06. The fourth-order valence-electron chi connectivity index (χ4n) is 1.90. The van der Waals surface area contributed by atoms with Crippen molar-refractivity contribution in [1.29, 1.82) is 0 Å². The highest BCUT2D eigenvalue weighted by Gasteiger charge is 2.27. The largest absolute Gasteiger partial charge is 0.481 e. The van der Waals surface area contributed by atoms with Gasteiger partial charge in [-0.15, -0.1) is 11.3 Å². The van der Waals surface area contributed by atoms with Crippen molar-refractivity contribution in [2.45, 2.75) is 38.1 Å². The summed E-state index contributed by atoms with van der Waals surface area (Å²) in [4.78, 5) is 37.5. The first-order valence-electron chi connectivity index (χ1n) is 6.31. The molecule has 0 spiro atoms. The van der Waals surface area contributed by atoms with Crippen LogP contribution in [0.3, 0.4) is 0 Å². The average Bonchev–Trinajstić information content (AvgIpc) is 2.98. The van der Waals surface area contributed by atoms with Crippen LogP contribution < -0.4 is 10.6 Å². The van der Waals surface area contributed by atoms with E-state index in [1.165, 1.54) is 11.3 Å². The van der Waals surface area contributed by atoms with Crippen LogP contribution in [-0.4, -0.2) is 33.9 Å². The van der Waals surface area contributed by atoms with Gasteiger partial charge in [0.05, 0.1) is 5.69 Å². The van der Waals surface area contributed by atoms with Gasteiger partial charge < -0.3 is 15.7 Å². The van der Waals surface area contributed by atoms with E-state index < -0.39 is 12.0 Å². The zero-order valence-electron chi connectivity index (χ0n) is 10.7. The Morgan fingerprint density at radius 1 is 1.55 bits per heavy atom. The SMILES string of the molecule is O=C(O)CCCc1csc(NC(=O)C2CCC(=O)N2)n1. The summed E-state index contributed by atoms with van der Waals surface area (Å²) < 4.78 is 0. The molecule has 1 saturated heterocycles. The van der Waals surface area contributed by atoms with Gasteiger partial charge in [0.25, 0.3) is 0 Å². The Morgan fingerprint density at radius 2 is 2.35 bits per heavy atom. The van der Waals surface area contributed by atoms with Gasteiger partial charge in [0.15, 0.2) is 5.13 Å². The Bertz CT molecular complexity index is 529. The number of carbonyl (C=O) groups is 3. The number of nitrogens with one attached hydrogen (secondary N) is 2. The van der Waals surface area contributed by atoms with Gasteiger partial charge in [-0.3, -0.25) is 14.4 Å². The maximum absolute atomic E-state index is 11.8. The average molecular weight is 297 g/mol. The number of anilines is 1. The van der Waals surface area contributed by atoms with Crippen molar-refractivity contribution in [3.8, 4) is 0 Å². The number of rotatable bonds is 6. The third-order valence-corrected chi connectivity index (χ3v) is 3.72. The summed E-state index contributed by atoms with van der Waals surface area (Å²) in [5, 5.41) is 16.1. The molecule has 1 atom stereocenters. The first-order valence-corrected chi connectivity index (χ1v) is 7.19. The molecule has 1 aromatic heterocycles. The lowest BCUT2D eigenvalue weighted by atomic mass is 10.2. The summed E-state index contributed by atoms with van der Waals surface area (Å²) in [5.41, 5.74) is 0.766. The highest BCUT2D eigenvalue weighted by Crippen LogP contribution is 2.18. The van der Waals surface area contributed by atoms with Crippen molar-refractivity contribution >= 4 is 34.3 Å². The molecule has 8 heteroatoms. The molecule has 1 fully saturated rings. The molecule has 7 nitrogen and oxygen atoms in total. The molecule has 1 aliphatic rings. The molecule has 1 unspecified atom stereocenters. The quantitative estimate of drug-likeness (QED) is 0.718. The van der Waals surface area contributed by atoms with Crippen molar-refractivity contribution in [1.82, 2.24) is 10.3 Å². The molecule has 0 saturated carbocycles. The normalized spacial score (nSPS) is 17.8. The molecule has 0 aromatic carbocycles. The minimum Gasteiger partial charge on any atom is -0.481 e. The third kappa shape index (κ3) is 4.02. The fourth-order valence-corrected chi connectivity index (χ4v) is 2.65. The molecule has 2 amide bonds. The van der Waals surface area contributed by atoms with Gasteiger partial charge in [-0.25, -0.2) is 4.98 Å². The molecule has 0 bridgehead atoms. The number of aryl methyl sites for hydroxylation is 1. The summed E-state index contributed by atoms with van der Waals surface area (Å²) >= 11 is 1.29. The van der Waals surface area contributed by atoms with E-state index in [0.717, 1.165) is 5.69 Å². The van der Waals surface area contributed by atoms with E-state index in [2.05, 4.69) is 15.6 Å². The van der Waals surface area contributed by atoms with Crippen LogP contribution in [0.5, 0.6) is 0 Å². The monoisotopic (exact) mass is 297 g/mol. The van der Waals surface area contributed by atoms with E-state index in [4.69, 9.17) is 5.11 Å². The van der Waals surface area contributed by atoms with Gasteiger partial charge in [0.2, 0.25) is 11.8 Å². The molecule has 0 radical (unpaired) electrons. The second kappa shape index (κ2) is 6.47. The maximum atomic E-state index is 11.8. The van der Waals surface area contributed by atoms with Crippen LogP contribution in [0.2, 0.25) is 0 Å². The standard InChI is InChI=1S/C12H15N3O4S/c16-9-5-4-8(14-9)11(19)15-12-13-7(6-20-12)2-1-3-10(17)18/h6,8H,1-5H2,(H,14,16)(H,17,18)(H,13,15,19). The molecule has 0 aliphatic carbocycles. The van der Waals surface area contributed by atoms with Gasteiger partial charge in [-0.05, 0) is 19.3 Å². The number of hydrogen-bond donors (Lipinski definition) is 3. The molecule has 2 rings (SSSR count). The van der Waals surface area contributed by atoms with E-state index in [0.29, 0.717) is 30.8 Å². The van der Waals surface area contributed by atoms with Gasteiger partial charge in [0, 0.05) is 18.2 Å². The van der Waals surface area contributed by atoms with E-state index in [1.54, 1.807) is 5.38 Å². The fraction of sp³-hybridized carbons (Fsp3) is 0.500. The predicted molar refractivity (Wildman–Crippen MR) is 72.5 cm³/mol. The van der Waals surface area contributed by atoms with Gasteiger partial charge in [-0.1, -0.05) is 0 Å². The molecule has 1 aromatic rings. The minimum atomic E-state index is -0.828. The van der Waals surface area contributed by atoms with Gasteiger partial charge in [0.1, 0.15) is 6.04 Å². The summed E-state index contributed by atoms with van der Waals surface area (Å²) in [7, 11) is 0. The van der Waals surface area contributed by atoms with Crippen molar-refractivity contribution in [3.63, 3.8) is 0 Å². The van der Waals surface area contributed by atoms with Crippen LogP contribution in [0.15, 0.2) is 5.38 Å². The zero-order valence-corrected chi connectivity index (χ0v) is 11.5. The first-order chi connectivity index (χ1) is 9.54. The Hall–Kier alpha value is -1.96. The van der Waals surface area contributed by atoms with Crippen molar-refractivity contribution in [2.75, 3.05) is 5.32 Å². The highest BCUT2D eigenvalue weighted by atomic mass is 32.1. The number of carboxylic acids is 1. The molecule has 20 heavy (non-hydrogen) atoms. The van der Waals surface area contributed by atoms with Crippen LogP contribution in [0.1, 0.15) is 31.4 Å². The Balaban J connectivity index is 1.81. The molecule has 108 valence electrons. The number of hydrogen-bond acceptors (Lipinski definition) is 5. The van der Waals surface area contributed by atoms with Crippen LogP contribution >= 0.6 is 11.3 Å². The number of aromatic nitrogens is 1. The maximum Gasteiger partial charge on any atom is 0.303 e. The van der Waals surface area contributed by atoms with E-state index >= 15 is 0 Å². The molecular weight excluding hydrogens is 282 g/mol. The van der Waals surface area contributed by atoms with E-state index in [9.17, 15) is 14.4 Å². The number of thiazole rings is 1. The molecule has 2 heterocycles. The third-order valence-electron chi connectivity index (χ3n) is 2.92. The lowest BCUT2D eigenvalue weighted by Crippen LogP contribution is -2.37.